The SMILES string of the molecule is [B]N1CCc2c(CN3CCC(Oc4ccc(C5=CN(C)C(=C)C(C)=C5C)cc4OC)CC3)cccc2C1C(C)C. The third-order valence-electron chi connectivity index (χ3n) is 9.08. The first kappa shape index (κ1) is 28.6. The van der Waals surface area contributed by atoms with Crippen molar-refractivity contribution in [3.63, 3.8) is 0 Å². The summed E-state index contributed by atoms with van der Waals surface area (Å²) in [6, 6.07) is 13.4. The van der Waals surface area contributed by atoms with Gasteiger partial charge < -0.3 is 19.2 Å². The number of nitrogens with zero attached hydrogens (tertiary/aromatic N) is 3. The number of fused-ring (bicyclic) bond motifs is 1. The Morgan fingerprint density at radius 1 is 1.02 bits per heavy atom. The molecule has 0 aromatic heterocycles. The normalized spacial score (nSPS) is 21.1. The van der Waals surface area contributed by atoms with Gasteiger partial charge in [-0.15, -0.1) is 0 Å². The zero-order valence-corrected chi connectivity index (χ0v) is 25.2. The van der Waals surface area contributed by atoms with Gasteiger partial charge in [-0.3, -0.25) is 4.90 Å². The van der Waals surface area contributed by atoms with Crippen molar-refractivity contribution in [3.05, 3.63) is 88.3 Å². The van der Waals surface area contributed by atoms with Crippen molar-refractivity contribution >= 4 is 13.6 Å². The Balaban J connectivity index is 1.23. The maximum atomic E-state index is 6.52. The van der Waals surface area contributed by atoms with Crippen LogP contribution in [0.2, 0.25) is 0 Å². The molecule has 1 fully saturated rings. The maximum absolute atomic E-state index is 6.52. The molecule has 1 atom stereocenters. The van der Waals surface area contributed by atoms with Crippen LogP contribution in [0.15, 0.2) is 66.0 Å². The molecule has 5 nitrogen and oxygen atoms in total. The molecule has 2 aromatic rings. The molecule has 0 N–H and O–H groups in total. The second-order valence-electron chi connectivity index (χ2n) is 12.0. The molecule has 2 aromatic carbocycles. The van der Waals surface area contributed by atoms with Gasteiger partial charge in [0.25, 0.3) is 0 Å². The molecule has 40 heavy (non-hydrogen) atoms. The molecule has 0 spiro atoms. The summed E-state index contributed by atoms with van der Waals surface area (Å²) in [5.41, 5.74) is 10.2. The molecule has 1 unspecified atom stereocenters. The average Bonchev–Trinajstić information content (AvgIpc) is 2.95. The van der Waals surface area contributed by atoms with Crippen LogP contribution < -0.4 is 9.47 Å². The number of hydrogen-bond acceptors (Lipinski definition) is 5. The van der Waals surface area contributed by atoms with E-state index in [2.05, 4.69) is 86.7 Å². The van der Waals surface area contributed by atoms with E-state index in [0.717, 1.165) is 68.2 Å². The van der Waals surface area contributed by atoms with Gasteiger partial charge in [-0.1, -0.05) is 44.7 Å². The minimum absolute atomic E-state index is 0.184. The number of rotatable bonds is 7. The molecule has 6 heteroatoms. The molecule has 5 rings (SSSR count). The predicted molar refractivity (Wildman–Crippen MR) is 165 cm³/mol. The number of likely N-dealkylation sites (tertiary alicyclic amines) is 1. The average molecular weight is 538 g/mol. The molecule has 2 radical (unpaired) electrons. The fraction of sp³-hybridized carbons (Fsp3) is 0.471. The van der Waals surface area contributed by atoms with Gasteiger partial charge in [0.05, 0.1) is 7.11 Å². The fourth-order valence-electron chi connectivity index (χ4n) is 6.57. The molecule has 0 bridgehead atoms. The minimum atomic E-state index is 0.184. The Hall–Kier alpha value is -2.96. The molecular formula is C34H44BN3O2. The molecule has 3 aliphatic heterocycles. The summed E-state index contributed by atoms with van der Waals surface area (Å²) < 4.78 is 12.3. The maximum Gasteiger partial charge on any atom is 0.183 e. The highest BCUT2D eigenvalue weighted by Crippen LogP contribution is 2.39. The summed E-state index contributed by atoms with van der Waals surface area (Å²) in [6.07, 6.45) is 5.37. The van der Waals surface area contributed by atoms with Crippen LogP contribution in [0.5, 0.6) is 11.5 Å². The van der Waals surface area contributed by atoms with Gasteiger partial charge in [0.15, 0.2) is 19.5 Å². The zero-order chi connectivity index (χ0) is 28.6. The van der Waals surface area contributed by atoms with E-state index < -0.39 is 0 Å². The molecule has 0 saturated carbocycles. The summed E-state index contributed by atoms with van der Waals surface area (Å²) >= 11 is 0. The molecular weight excluding hydrogens is 493 g/mol. The van der Waals surface area contributed by atoms with Crippen LogP contribution in [0.25, 0.3) is 5.57 Å². The molecule has 3 heterocycles. The van der Waals surface area contributed by atoms with Gasteiger partial charge in [-0.05, 0) is 91.1 Å². The standard InChI is InChI=1S/C34H44BN3O2/c1-22(2)34-30-10-8-9-27(29(30)15-18-38(34)35)20-37-16-13-28(14-17-37)40-32-12-11-26(19-33(32)39-7)31-21-36(6)25(5)23(3)24(31)4/h8-12,19,21-22,28,34H,5,13-18,20H2,1-4,6-7H3. The van der Waals surface area contributed by atoms with Gasteiger partial charge in [-0.2, -0.15) is 0 Å². The van der Waals surface area contributed by atoms with E-state index in [4.69, 9.17) is 17.5 Å². The van der Waals surface area contributed by atoms with Crippen molar-refractivity contribution in [1.29, 1.82) is 0 Å². The number of benzene rings is 2. The fourth-order valence-corrected chi connectivity index (χ4v) is 6.57. The molecule has 0 aliphatic carbocycles. The number of methoxy groups -OCH3 is 1. The van der Waals surface area contributed by atoms with E-state index >= 15 is 0 Å². The smallest absolute Gasteiger partial charge is 0.183 e. The highest BCUT2D eigenvalue weighted by atomic mass is 16.5. The Bertz CT molecular complexity index is 1320. The van der Waals surface area contributed by atoms with E-state index in [0.29, 0.717) is 12.0 Å². The number of hydrogen-bond donors (Lipinski definition) is 0. The lowest BCUT2D eigenvalue weighted by Crippen LogP contribution is -2.39. The van der Waals surface area contributed by atoms with Gasteiger partial charge in [0.1, 0.15) is 6.10 Å². The Kier molecular flexibility index (Phi) is 8.48. The number of ether oxygens (including phenoxy) is 2. The zero-order valence-electron chi connectivity index (χ0n) is 25.2. The minimum Gasteiger partial charge on any atom is -0.493 e. The predicted octanol–water partition coefficient (Wildman–Crippen LogP) is 6.51. The van der Waals surface area contributed by atoms with Crippen molar-refractivity contribution in [1.82, 2.24) is 14.6 Å². The van der Waals surface area contributed by atoms with Gasteiger partial charge >= 0.3 is 0 Å². The van der Waals surface area contributed by atoms with Crippen LogP contribution in [0, 0.1) is 5.92 Å². The van der Waals surface area contributed by atoms with Gasteiger partial charge in [-0.25, -0.2) is 0 Å². The highest BCUT2D eigenvalue weighted by Gasteiger charge is 2.29. The van der Waals surface area contributed by atoms with E-state index in [1.807, 2.05) is 11.9 Å². The van der Waals surface area contributed by atoms with Gasteiger partial charge in [0, 0.05) is 50.2 Å². The van der Waals surface area contributed by atoms with E-state index in [1.54, 1.807) is 7.11 Å². The summed E-state index contributed by atoms with van der Waals surface area (Å²) in [6.45, 7) is 17.0. The Labute approximate surface area is 242 Å². The third-order valence-corrected chi connectivity index (χ3v) is 9.08. The molecule has 3 aliphatic rings. The first-order valence-corrected chi connectivity index (χ1v) is 14.7. The van der Waals surface area contributed by atoms with Crippen LogP contribution in [0.4, 0.5) is 0 Å². The van der Waals surface area contributed by atoms with E-state index in [9.17, 15) is 0 Å². The van der Waals surface area contributed by atoms with Crippen LogP contribution in [0.1, 0.15) is 68.8 Å². The lowest BCUT2D eigenvalue weighted by Gasteiger charge is -2.39. The van der Waals surface area contributed by atoms with Gasteiger partial charge in [0.2, 0.25) is 0 Å². The summed E-state index contributed by atoms with van der Waals surface area (Å²) in [5.74, 6) is 2.09. The highest BCUT2D eigenvalue weighted by molar-refractivity contribution is 6.04. The number of piperidine rings is 1. The van der Waals surface area contributed by atoms with Crippen LogP contribution in [-0.4, -0.2) is 62.5 Å². The lowest BCUT2D eigenvalue weighted by atomic mass is 9.82. The summed E-state index contributed by atoms with van der Waals surface area (Å²) in [7, 11) is 10.2. The monoisotopic (exact) mass is 537 g/mol. The van der Waals surface area contributed by atoms with Crippen molar-refractivity contribution in [2.45, 2.75) is 65.6 Å². The van der Waals surface area contributed by atoms with Crippen molar-refractivity contribution in [3.8, 4) is 11.5 Å². The summed E-state index contributed by atoms with van der Waals surface area (Å²) in [5, 5.41) is 0. The number of allylic oxidation sites excluding steroid dienone is 3. The Morgan fingerprint density at radius 2 is 1.77 bits per heavy atom. The van der Waals surface area contributed by atoms with Crippen molar-refractivity contribution in [2.75, 3.05) is 33.8 Å². The molecule has 0 amide bonds. The molecule has 210 valence electrons. The van der Waals surface area contributed by atoms with Crippen LogP contribution >= 0.6 is 0 Å². The second-order valence-corrected chi connectivity index (χ2v) is 12.0. The van der Waals surface area contributed by atoms with Crippen LogP contribution in [0.3, 0.4) is 0 Å². The first-order valence-electron chi connectivity index (χ1n) is 14.7. The van der Waals surface area contributed by atoms with Crippen molar-refractivity contribution in [2.24, 2.45) is 5.92 Å². The largest absolute Gasteiger partial charge is 0.493 e. The third kappa shape index (κ3) is 5.62. The van der Waals surface area contributed by atoms with E-state index in [-0.39, 0.29) is 6.10 Å². The summed E-state index contributed by atoms with van der Waals surface area (Å²) in [4.78, 5) is 6.69. The first-order chi connectivity index (χ1) is 19.2. The van der Waals surface area contributed by atoms with Crippen molar-refractivity contribution < 1.29 is 9.47 Å². The molecule has 1 saturated heterocycles. The van der Waals surface area contributed by atoms with E-state index in [1.165, 1.54) is 33.4 Å². The number of likely N-dealkylation sites (N-methyl/N-ethyl adjacent to an activating group) is 1. The second kappa shape index (κ2) is 11.9. The lowest BCUT2D eigenvalue weighted by molar-refractivity contribution is 0.0940. The topological polar surface area (TPSA) is 28.2 Å². The quantitative estimate of drug-likeness (QED) is 0.376. The Morgan fingerprint density at radius 3 is 2.48 bits per heavy atom. The van der Waals surface area contributed by atoms with Crippen LogP contribution in [-0.2, 0) is 13.0 Å².